The molecule has 2 aromatic carbocycles. The lowest BCUT2D eigenvalue weighted by molar-refractivity contribution is -0.125. The van der Waals surface area contributed by atoms with Crippen LogP contribution in [-0.2, 0) is 4.79 Å². The van der Waals surface area contributed by atoms with Gasteiger partial charge in [0.2, 0.25) is 5.91 Å². The Bertz CT molecular complexity index is 1370. The van der Waals surface area contributed by atoms with Gasteiger partial charge in [-0.2, -0.15) is 5.10 Å². The fraction of sp³-hybridized carbons (Fsp3) is 0.333. The van der Waals surface area contributed by atoms with E-state index in [2.05, 4.69) is 18.7 Å². The van der Waals surface area contributed by atoms with Crippen molar-refractivity contribution in [2.45, 2.75) is 39.0 Å². The lowest BCUT2D eigenvalue weighted by Gasteiger charge is -2.24. The zero-order valence-corrected chi connectivity index (χ0v) is 21.6. The molecule has 2 aromatic heterocycles. The number of fused-ring (bicyclic) bond motifs is 1. The number of benzene rings is 2. The predicted octanol–water partition coefficient (Wildman–Crippen LogP) is 5.47. The average molecular weight is 495 g/mol. The van der Waals surface area contributed by atoms with Crippen molar-refractivity contribution >= 4 is 28.8 Å². The minimum Gasteiger partial charge on any atom is -0.354 e. The zero-order valence-electron chi connectivity index (χ0n) is 21.6. The molecule has 5 rings (SSSR count). The van der Waals surface area contributed by atoms with Crippen molar-refractivity contribution in [3.05, 3.63) is 84.3 Å². The topological polar surface area (TPSA) is 67.2 Å². The van der Waals surface area contributed by atoms with E-state index in [4.69, 9.17) is 15.1 Å². The number of carbonyl (C=O) groups is 1. The van der Waals surface area contributed by atoms with Crippen molar-refractivity contribution in [3.8, 4) is 5.69 Å². The first-order chi connectivity index (χ1) is 18.1. The Hall–Kier alpha value is -4.00. The van der Waals surface area contributed by atoms with Crippen LogP contribution in [0.1, 0.15) is 50.4 Å². The van der Waals surface area contributed by atoms with Crippen LogP contribution in [0.4, 0.5) is 5.82 Å². The third-order valence-corrected chi connectivity index (χ3v) is 6.91. The molecule has 190 valence electrons. The second-order valence-corrected chi connectivity index (χ2v) is 9.63. The molecule has 1 aliphatic rings. The summed E-state index contributed by atoms with van der Waals surface area (Å²) in [4.78, 5) is 27.3. The maximum atomic E-state index is 12.9. The molecule has 0 bridgehead atoms. The SMILES string of the molecule is CCC[C@@H](C)c1nc(N2CCCN(C(=O)/C=C/c3ccccc3)CC2)c2cnn(-c3ccccc3)c2n1. The van der Waals surface area contributed by atoms with Crippen molar-refractivity contribution in [1.82, 2.24) is 24.6 Å². The summed E-state index contributed by atoms with van der Waals surface area (Å²) in [5.74, 6) is 2.07. The Morgan fingerprint density at radius 1 is 0.973 bits per heavy atom. The number of hydrogen-bond acceptors (Lipinski definition) is 5. The molecule has 1 amide bonds. The van der Waals surface area contributed by atoms with Gasteiger partial charge in [0.25, 0.3) is 0 Å². The molecule has 0 saturated carbocycles. The molecule has 0 aliphatic carbocycles. The second kappa shape index (κ2) is 11.4. The molecule has 1 saturated heterocycles. The van der Waals surface area contributed by atoms with E-state index >= 15 is 0 Å². The number of nitrogens with zero attached hydrogens (tertiary/aromatic N) is 6. The first-order valence-electron chi connectivity index (χ1n) is 13.2. The van der Waals surface area contributed by atoms with E-state index in [0.29, 0.717) is 6.54 Å². The number of aromatic nitrogens is 4. The first kappa shape index (κ1) is 24.7. The lowest BCUT2D eigenvalue weighted by atomic mass is 10.1. The van der Waals surface area contributed by atoms with Crippen LogP contribution in [0, 0.1) is 0 Å². The van der Waals surface area contributed by atoms with E-state index in [0.717, 1.165) is 72.8 Å². The number of para-hydroxylation sites is 1. The molecule has 0 radical (unpaired) electrons. The van der Waals surface area contributed by atoms with Crippen molar-refractivity contribution < 1.29 is 4.79 Å². The van der Waals surface area contributed by atoms with Crippen LogP contribution in [-0.4, -0.2) is 56.7 Å². The molecular weight excluding hydrogens is 460 g/mol. The maximum absolute atomic E-state index is 12.9. The number of hydrogen-bond donors (Lipinski definition) is 0. The third kappa shape index (κ3) is 5.56. The highest BCUT2D eigenvalue weighted by atomic mass is 16.2. The molecule has 0 N–H and O–H groups in total. The Kier molecular flexibility index (Phi) is 7.59. The van der Waals surface area contributed by atoms with E-state index in [-0.39, 0.29) is 11.8 Å². The fourth-order valence-electron chi connectivity index (χ4n) is 4.88. The molecule has 37 heavy (non-hydrogen) atoms. The van der Waals surface area contributed by atoms with Crippen LogP contribution in [0.25, 0.3) is 22.8 Å². The smallest absolute Gasteiger partial charge is 0.246 e. The van der Waals surface area contributed by atoms with Gasteiger partial charge in [0, 0.05) is 38.2 Å². The van der Waals surface area contributed by atoms with Crippen LogP contribution >= 0.6 is 0 Å². The summed E-state index contributed by atoms with van der Waals surface area (Å²) in [6.07, 6.45) is 8.43. The highest BCUT2D eigenvalue weighted by Gasteiger charge is 2.24. The molecule has 7 nitrogen and oxygen atoms in total. The third-order valence-electron chi connectivity index (χ3n) is 6.91. The van der Waals surface area contributed by atoms with Gasteiger partial charge in [0.1, 0.15) is 11.6 Å². The quantitative estimate of drug-likeness (QED) is 0.319. The Balaban J connectivity index is 1.42. The van der Waals surface area contributed by atoms with Crippen LogP contribution < -0.4 is 4.90 Å². The number of anilines is 1. The highest BCUT2D eigenvalue weighted by molar-refractivity contribution is 5.92. The summed E-state index contributed by atoms with van der Waals surface area (Å²) in [7, 11) is 0. The van der Waals surface area contributed by atoms with Crippen LogP contribution in [0.15, 0.2) is 72.9 Å². The van der Waals surface area contributed by atoms with Gasteiger partial charge in [-0.3, -0.25) is 4.79 Å². The highest BCUT2D eigenvalue weighted by Crippen LogP contribution is 2.29. The monoisotopic (exact) mass is 494 g/mol. The molecule has 3 heterocycles. The second-order valence-electron chi connectivity index (χ2n) is 9.63. The van der Waals surface area contributed by atoms with Gasteiger partial charge in [-0.1, -0.05) is 68.8 Å². The van der Waals surface area contributed by atoms with E-state index in [9.17, 15) is 4.79 Å². The Morgan fingerprint density at radius 2 is 1.73 bits per heavy atom. The molecule has 1 aliphatic heterocycles. The molecule has 1 fully saturated rings. The van der Waals surface area contributed by atoms with Crippen molar-refractivity contribution in [2.24, 2.45) is 0 Å². The van der Waals surface area contributed by atoms with Gasteiger partial charge in [-0.05, 0) is 36.6 Å². The molecule has 7 heteroatoms. The molecule has 0 unspecified atom stereocenters. The fourth-order valence-corrected chi connectivity index (χ4v) is 4.88. The van der Waals surface area contributed by atoms with E-state index < -0.39 is 0 Å². The number of amides is 1. The van der Waals surface area contributed by atoms with Gasteiger partial charge in [-0.25, -0.2) is 14.6 Å². The lowest BCUT2D eigenvalue weighted by Crippen LogP contribution is -2.34. The molecule has 0 spiro atoms. The summed E-state index contributed by atoms with van der Waals surface area (Å²) in [6, 6.07) is 20.0. The van der Waals surface area contributed by atoms with Crippen molar-refractivity contribution in [3.63, 3.8) is 0 Å². The summed E-state index contributed by atoms with van der Waals surface area (Å²) in [5.41, 5.74) is 2.84. The zero-order chi connectivity index (χ0) is 25.6. The number of rotatable bonds is 7. The summed E-state index contributed by atoms with van der Waals surface area (Å²) >= 11 is 0. The van der Waals surface area contributed by atoms with Crippen LogP contribution in [0.2, 0.25) is 0 Å². The maximum Gasteiger partial charge on any atom is 0.246 e. The predicted molar refractivity (Wildman–Crippen MR) is 149 cm³/mol. The van der Waals surface area contributed by atoms with Gasteiger partial charge in [0.05, 0.1) is 17.3 Å². The average Bonchev–Trinajstić information content (AvgIpc) is 3.21. The minimum absolute atomic E-state index is 0.0488. The first-order valence-corrected chi connectivity index (χ1v) is 13.2. The minimum atomic E-state index is 0.0488. The number of carbonyl (C=O) groups excluding carboxylic acids is 1. The summed E-state index contributed by atoms with van der Waals surface area (Å²) in [6.45, 7) is 7.31. The van der Waals surface area contributed by atoms with Gasteiger partial charge < -0.3 is 9.80 Å². The molecular formula is C30H34N6O. The van der Waals surface area contributed by atoms with Crippen molar-refractivity contribution in [1.29, 1.82) is 0 Å². The Morgan fingerprint density at radius 3 is 2.49 bits per heavy atom. The molecule has 1 atom stereocenters. The van der Waals surface area contributed by atoms with Crippen LogP contribution in [0.5, 0.6) is 0 Å². The van der Waals surface area contributed by atoms with E-state index in [1.165, 1.54) is 0 Å². The normalized spacial score (nSPS) is 15.3. The Labute approximate surface area is 218 Å². The standard InChI is InChI=1S/C30H34N6O/c1-3-11-23(2)28-32-29(26-22-31-36(30(26)33-28)25-14-8-5-9-15-25)35-19-10-18-34(20-21-35)27(37)17-16-24-12-6-4-7-13-24/h4-9,12-17,22-23H,3,10-11,18-21H2,1-2H3/b17-16+/t23-/m1/s1. The van der Waals surface area contributed by atoms with Gasteiger partial charge in [0.15, 0.2) is 5.65 Å². The largest absolute Gasteiger partial charge is 0.354 e. The summed E-state index contributed by atoms with van der Waals surface area (Å²) in [5, 5.41) is 5.65. The summed E-state index contributed by atoms with van der Waals surface area (Å²) < 4.78 is 1.91. The van der Waals surface area contributed by atoms with Gasteiger partial charge in [-0.15, -0.1) is 0 Å². The van der Waals surface area contributed by atoms with Crippen LogP contribution in [0.3, 0.4) is 0 Å². The molecule has 4 aromatic rings. The van der Waals surface area contributed by atoms with Crippen molar-refractivity contribution in [2.75, 3.05) is 31.1 Å². The van der Waals surface area contributed by atoms with E-state index in [1.807, 2.05) is 82.5 Å². The van der Waals surface area contributed by atoms with Gasteiger partial charge >= 0.3 is 0 Å². The van der Waals surface area contributed by atoms with E-state index in [1.54, 1.807) is 6.08 Å².